The highest BCUT2D eigenvalue weighted by molar-refractivity contribution is 6.99. The van der Waals surface area contributed by atoms with E-state index in [2.05, 4.69) is 120 Å². The van der Waals surface area contributed by atoms with Gasteiger partial charge in [0.2, 0.25) is 0 Å². The fraction of sp³-hybridized carbons (Fsp3) is 0.698. The molecule has 0 bridgehead atoms. The Bertz CT molecular complexity index is 1080. The molecule has 0 atom stereocenters. The van der Waals surface area contributed by atoms with Crippen LogP contribution < -0.4 is 10.4 Å². The molecular weight excluding hydrogens is 681 g/mol. The number of hydrogen-bond acceptors (Lipinski definition) is 1. The first-order valence-electron chi connectivity index (χ1n) is 24.0. The minimum atomic E-state index is -2.55. The van der Waals surface area contributed by atoms with Crippen molar-refractivity contribution >= 4 is 18.7 Å². The smallest absolute Gasteiger partial charge is 0.261 e. The summed E-state index contributed by atoms with van der Waals surface area (Å²) in [6, 6.07) is 22.6. The van der Waals surface area contributed by atoms with Gasteiger partial charge in [-0.3, -0.25) is 0 Å². The SMILES string of the molecule is CCCCCCCC/C=C\CCCCCCCCC(CCCCCCCC/C=C\CCCCCCCC)O[Si](c1ccccc1)(c1ccccc1)C(C)(C)C. The van der Waals surface area contributed by atoms with E-state index in [-0.39, 0.29) is 5.04 Å². The van der Waals surface area contributed by atoms with Crippen molar-refractivity contribution in [1.82, 2.24) is 0 Å². The third-order valence-corrected chi connectivity index (χ3v) is 16.9. The normalized spacial score (nSPS) is 12.5. The first-order chi connectivity index (χ1) is 27.0. The molecule has 0 saturated heterocycles. The lowest BCUT2D eigenvalue weighted by Crippen LogP contribution is -2.67. The lowest BCUT2D eigenvalue weighted by atomic mass is 10.0. The molecule has 0 radical (unpaired) electrons. The number of unbranched alkanes of at least 4 members (excludes halogenated alkanes) is 24. The number of benzene rings is 2. The highest BCUT2D eigenvalue weighted by atomic mass is 28.4. The predicted octanol–water partition coefficient (Wildman–Crippen LogP) is 16.8. The maximum atomic E-state index is 7.75. The first-order valence-corrected chi connectivity index (χ1v) is 25.9. The Morgan fingerprint density at radius 3 is 1.02 bits per heavy atom. The molecule has 2 aromatic carbocycles. The van der Waals surface area contributed by atoms with Crippen molar-refractivity contribution in [3.05, 3.63) is 85.0 Å². The van der Waals surface area contributed by atoms with Crippen LogP contribution in [-0.4, -0.2) is 14.4 Å². The molecule has 0 spiro atoms. The van der Waals surface area contributed by atoms with Gasteiger partial charge in [-0.1, -0.05) is 248 Å². The van der Waals surface area contributed by atoms with Crippen LogP contribution in [-0.2, 0) is 4.43 Å². The van der Waals surface area contributed by atoms with E-state index >= 15 is 0 Å². The van der Waals surface area contributed by atoms with Gasteiger partial charge in [0.05, 0.1) is 0 Å². The van der Waals surface area contributed by atoms with Crippen molar-refractivity contribution in [2.24, 2.45) is 0 Å². The van der Waals surface area contributed by atoms with Crippen LogP contribution in [0.1, 0.15) is 227 Å². The molecule has 312 valence electrons. The molecule has 2 heteroatoms. The van der Waals surface area contributed by atoms with Crippen molar-refractivity contribution in [3.63, 3.8) is 0 Å². The van der Waals surface area contributed by atoms with Gasteiger partial charge in [0.15, 0.2) is 0 Å². The van der Waals surface area contributed by atoms with Gasteiger partial charge < -0.3 is 4.43 Å². The van der Waals surface area contributed by atoms with E-state index in [9.17, 15) is 0 Å². The third-order valence-electron chi connectivity index (χ3n) is 11.8. The minimum Gasteiger partial charge on any atom is -0.404 e. The molecule has 0 fully saturated rings. The van der Waals surface area contributed by atoms with Crippen LogP contribution in [0, 0.1) is 0 Å². The second-order valence-electron chi connectivity index (χ2n) is 17.9. The minimum absolute atomic E-state index is 0.0279. The highest BCUT2D eigenvalue weighted by Crippen LogP contribution is 2.38. The highest BCUT2D eigenvalue weighted by Gasteiger charge is 2.51. The zero-order valence-corrected chi connectivity index (χ0v) is 38.3. The number of hydrogen-bond donors (Lipinski definition) is 0. The summed E-state index contributed by atoms with van der Waals surface area (Å²) in [7, 11) is -2.55. The molecule has 2 aromatic rings. The topological polar surface area (TPSA) is 9.23 Å². The second kappa shape index (κ2) is 33.1. The van der Waals surface area contributed by atoms with Gasteiger partial charge in [-0.25, -0.2) is 0 Å². The summed E-state index contributed by atoms with van der Waals surface area (Å²) in [6.07, 6.45) is 50.5. The largest absolute Gasteiger partial charge is 0.404 e. The summed E-state index contributed by atoms with van der Waals surface area (Å²) in [6.45, 7) is 11.9. The van der Waals surface area contributed by atoms with Crippen LogP contribution in [0.4, 0.5) is 0 Å². The summed E-state index contributed by atoms with van der Waals surface area (Å²) in [4.78, 5) is 0. The molecule has 2 rings (SSSR count). The fourth-order valence-corrected chi connectivity index (χ4v) is 13.2. The van der Waals surface area contributed by atoms with Crippen molar-refractivity contribution in [2.75, 3.05) is 0 Å². The Morgan fingerprint density at radius 1 is 0.418 bits per heavy atom. The van der Waals surface area contributed by atoms with Crippen LogP contribution in [0.3, 0.4) is 0 Å². The lowest BCUT2D eigenvalue weighted by molar-refractivity contribution is 0.160. The van der Waals surface area contributed by atoms with E-state index < -0.39 is 8.32 Å². The average molecular weight is 771 g/mol. The summed E-state index contributed by atoms with van der Waals surface area (Å²) in [5.41, 5.74) is 0. The van der Waals surface area contributed by atoms with Gasteiger partial charge in [0.25, 0.3) is 8.32 Å². The molecule has 0 aliphatic heterocycles. The zero-order valence-electron chi connectivity index (χ0n) is 37.3. The summed E-state index contributed by atoms with van der Waals surface area (Å²) >= 11 is 0. The fourth-order valence-electron chi connectivity index (χ4n) is 8.44. The number of allylic oxidation sites excluding steroid dienone is 4. The quantitative estimate of drug-likeness (QED) is 0.0381. The molecule has 1 nitrogen and oxygen atoms in total. The van der Waals surface area contributed by atoms with E-state index in [1.165, 1.54) is 203 Å². The Morgan fingerprint density at radius 2 is 0.709 bits per heavy atom. The van der Waals surface area contributed by atoms with E-state index in [4.69, 9.17) is 4.43 Å². The average Bonchev–Trinajstić information content (AvgIpc) is 3.19. The second-order valence-corrected chi connectivity index (χ2v) is 22.1. The molecule has 0 N–H and O–H groups in total. The molecule has 0 heterocycles. The van der Waals surface area contributed by atoms with Gasteiger partial charge >= 0.3 is 0 Å². The van der Waals surface area contributed by atoms with Crippen molar-refractivity contribution < 1.29 is 4.43 Å². The first kappa shape index (κ1) is 49.2. The van der Waals surface area contributed by atoms with E-state index in [1.807, 2.05) is 0 Å². The monoisotopic (exact) mass is 771 g/mol. The number of rotatable bonds is 36. The maximum Gasteiger partial charge on any atom is 0.261 e. The van der Waals surface area contributed by atoms with Crippen LogP contribution in [0.2, 0.25) is 5.04 Å². The van der Waals surface area contributed by atoms with Crippen molar-refractivity contribution in [1.29, 1.82) is 0 Å². The molecule has 0 aromatic heterocycles. The Hall–Kier alpha value is -1.90. The molecule has 0 aliphatic rings. The van der Waals surface area contributed by atoms with E-state index in [1.54, 1.807) is 0 Å². The zero-order chi connectivity index (χ0) is 39.6. The molecule has 55 heavy (non-hydrogen) atoms. The van der Waals surface area contributed by atoms with Crippen LogP contribution in [0.5, 0.6) is 0 Å². The van der Waals surface area contributed by atoms with Crippen LogP contribution in [0.15, 0.2) is 85.0 Å². The Labute approximate surface area is 345 Å². The summed E-state index contributed by atoms with van der Waals surface area (Å²) in [5.74, 6) is 0. The molecule has 0 amide bonds. The van der Waals surface area contributed by atoms with Gasteiger partial charge in [-0.2, -0.15) is 0 Å². The summed E-state index contributed by atoms with van der Waals surface area (Å²) in [5, 5.41) is 2.86. The van der Waals surface area contributed by atoms with Crippen molar-refractivity contribution in [3.8, 4) is 0 Å². The predicted molar refractivity (Wildman–Crippen MR) is 251 cm³/mol. The molecule has 0 saturated carbocycles. The Kier molecular flexibility index (Phi) is 29.6. The van der Waals surface area contributed by atoms with Crippen LogP contribution >= 0.6 is 0 Å². The third kappa shape index (κ3) is 22.6. The lowest BCUT2D eigenvalue weighted by Gasteiger charge is -2.45. The van der Waals surface area contributed by atoms with Gasteiger partial charge in [-0.05, 0) is 79.6 Å². The molecule has 0 unspecified atom stereocenters. The van der Waals surface area contributed by atoms with Crippen molar-refractivity contribution in [2.45, 2.75) is 238 Å². The van der Waals surface area contributed by atoms with Gasteiger partial charge in [-0.15, -0.1) is 0 Å². The summed E-state index contributed by atoms with van der Waals surface area (Å²) < 4.78 is 7.75. The standard InChI is InChI=1S/C53H90OSi/c1-6-8-10-12-14-16-18-20-22-24-26-28-30-32-34-38-44-50(45-39-35-33-31-29-27-25-23-21-19-17-15-13-11-9-7-2)54-55(53(3,4)5,51-46-40-36-41-47-51)52-48-42-37-43-49-52/h20-23,36-37,40-43,46-50H,6-19,24-35,38-39,44-45H2,1-5H3/b22-20-,23-21-. The maximum absolute atomic E-state index is 7.75. The van der Waals surface area contributed by atoms with Gasteiger partial charge in [0.1, 0.15) is 0 Å². The van der Waals surface area contributed by atoms with Crippen LogP contribution in [0.25, 0.3) is 0 Å². The van der Waals surface area contributed by atoms with Gasteiger partial charge in [0, 0.05) is 6.10 Å². The van der Waals surface area contributed by atoms with E-state index in [0.717, 1.165) is 0 Å². The Balaban J connectivity index is 1.84. The molecular formula is C53H90OSi. The van der Waals surface area contributed by atoms with E-state index in [0.29, 0.717) is 6.10 Å². The molecule has 0 aliphatic carbocycles.